The Balaban J connectivity index is 1.37. The van der Waals surface area contributed by atoms with Gasteiger partial charge >= 0.3 is 0 Å². The van der Waals surface area contributed by atoms with E-state index in [1.165, 1.54) is 23.7 Å². The van der Waals surface area contributed by atoms with E-state index in [2.05, 4.69) is 20.2 Å². The SMILES string of the molecule is O=C(NCc1cccc(Cl)c1)[C@H]1CCCN(c2ncnc3c2sc2cccc(F)c23)C1. The van der Waals surface area contributed by atoms with Crippen LogP contribution in [0.2, 0.25) is 5.02 Å². The number of anilines is 1. The minimum Gasteiger partial charge on any atom is -0.355 e. The number of hydrogen-bond acceptors (Lipinski definition) is 5. The van der Waals surface area contributed by atoms with Crippen molar-refractivity contribution in [2.75, 3.05) is 18.0 Å². The molecule has 1 saturated heterocycles. The molecule has 8 heteroatoms. The first-order valence-electron chi connectivity index (χ1n) is 10.2. The summed E-state index contributed by atoms with van der Waals surface area (Å²) in [7, 11) is 0. The molecule has 0 bridgehead atoms. The second kappa shape index (κ2) is 8.40. The second-order valence-corrected chi connectivity index (χ2v) is 9.21. The van der Waals surface area contributed by atoms with Crippen LogP contribution in [0, 0.1) is 11.7 Å². The summed E-state index contributed by atoms with van der Waals surface area (Å²) in [6.45, 7) is 1.83. The molecule has 1 N–H and O–H groups in total. The predicted molar refractivity (Wildman–Crippen MR) is 123 cm³/mol. The lowest BCUT2D eigenvalue weighted by atomic mass is 9.97. The molecule has 158 valence electrons. The number of thiophene rings is 1. The molecule has 1 atom stereocenters. The van der Waals surface area contributed by atoms with Crippen molar-refractivity contribution in [3.63, 3.8) is 0 Å². The zero-order valence-corrected chi connectivity index (χ0v) is 18.2. The standard InChI is InChI=1S/C23H20ClFN4OS/c24-16-6-1-4-14(10-16)11-26-23(30)15-5-3-9-29(12-15)22-21-20(27-13-28-22)19-17(25)7-2-8-18(19)31-21/h1-2,4,6-8,10,13,15H,3,5,9,11-12H2,(H,26,30)/t15-/m0/s1. The number of amides is 1. The van der Waals surface area contributed by atoms with Gasteiger partial charge in [0.2, 0.25) is 5.91 Å². The first kappa shape index (κ1) is 20.2. The Labute approximate surface area is 187 Å². The van der Waals surface area contributed by atoms with Gasteiger partial charge < -0.3 is 10.2 Å². The Hall–Kier alpha value is -2.77. The summed E-state index contributed by atoms with van der Waals surface area (Å²) in [6, 6.07) is 12.6. The van der Waals surface area contributed by atoms with Crippen LogP contribution in [0.5, 0.6) is 0 Å². The monoisotopic (exact) mass is 454 g/mol. The largest absolute Gasteiger partial charge is 0.355 e. The van der Waals surface area contributed by atoms with Crippen LogP contribution in [0.1, 0.15) is 18.4 Å². The van der Waals surface area contributed by atoms with Gasteiger partial charge in [-0.2, -0.15) is 0 Å². The number of carbonyl (C=O) groups excluding carboxylic acids is 1. The zero-order chi connectivity index (χ0) is 21.4. The van der Waals surface area contributed by atoms with Gasteiger partial charge in [-0.15, -0.1) is 11.3 Å². The fourth-order valence-electron chi connectivity index (χ4n) is 4.15. The first-order chi connectivity index (χ1) is 15.1. The number of fused-ring (bicyclic) bond motifs is 3. The van der Waals surface area contributed by atoms with Crippen molar-refractivity contribution in [3.8, 4) is 0 Å². The van der Waals surface area contributed by atoms with E-state index in [1.807, 2.05) is 30.3 Å². The molecule has 1 fully saturated rings. The summed E-state index contributed by atoms with van der Waals surface area (Å²) in [5, 5.41) is 4.23. The van der Waals surface area contributed by atoms with Crippen LogP contribution in [0.3, 0.4) is 0 Å². The summed E-state index contributed by atoms with van der Waals surface area (Å²) in [5.74, 6) is 0.393. The number of rotatable bonds is 4. The molecule has 5 rings (SSSR count). The maximum atomic E-state index is 14.4. The third kappa shape index (κ3) is 3.95. The van der Waals surface area contributed by atoms with Crippen LogP contribution in [-0.4, -0.2) is 29.0 Å². The minimum atomic E-state index is -0.273. The van der Waals surface area contributed by atoms with Crippen molar-refractivity contribution >= 4 is 55.0 Å². The van der Waals surface area contributed by atoms with Crippen molar-refractivity contribution in [2.45, 2.75) is 19.4 Å². The van der Waals surface area contributed by atoms with Crippen molar-refractivity contribution < 1.29 is 9.18 Å². The van der Waals surface area contributed by atoms with Crippen LogP contribution in [0.15, 0.2) is 48.8 Å². The number of nitrogens with zero attached hydrogens (tertiary/aromatic N) is 3. The Morgan fingerprint density at radius 2 is 2.13 bits per heavy atom. The van der Waals surface area contributed by atoms with Gasteiger partial charge in [-0.1, -0.05) is 29.8 Å². The number of nitrogens with one attached hydrogen (secondary N) is 1. The maximum absolute atomic E-state index is 14.4. The lowest BCUT2D eigenvalue weighted by Crippen LogP contribution is -2.43. The Morgan fingerprint density at radius 3 is 3.00 bits per heavy atom. The Bertz CT molecular complexity index is 1280. The molecule has 3 heterocycles. The van der Waals surface area contributed by atoms with Gasteiger partial charge in [0.25, 0.3) is 0 Å². The maximum Gasteiger partial charge on any atom is 0.225 e. The van der Waals surface area contributed by atoms with Gasteiger partial charge in [0.05, 0.1) is 21.5 Å². The van der Waals surface area contributed by atoms with Crippen molar-refractivity contribution in [1.29, 1.82) is 0 Å². The molecule has 0 radical (unpaired) electrons. The smallest absolute Gasteiger partial charge is 0.225 e. The molecule has 4 aromatic rings. The average molecular weight is 455 g/mol. The van der Waals surface area contributed by atoms with Crippen molar-refractivity contribution in [2.24, 2.45) is 5.92 Å². The van der Waals surface area contributed by atoms with Crippen molar-refractivity contribution in [1.82, 2.24) is 15.3 Å². The van der Waals surface area contributed by atoms with E-state index in [-0.39, 0.29) is 17.6 Å². The average Bonchev–Trinajstić information content (AvgIpc) is 3.17. The fraction of sp³-hybridized carbons (Fsp3) is 0.261. The molecule has 2 aromatic heterocycles. The molecular formula is C23H20ClFN4OS. The van der Waals surface area contributed by atoms with E-state index in [4.69, 9.17) is 11.6 Å². The topological polar surface area (TPSA) is 58.1 Å². The van der Waals surface area contributed by atoms with Gasteiger partial charge in [0, 0.05) is 29.4 Å². The molecule has 0 spiro atoms. The van der Waals surface area contributed by atoms with Crippen LogP contribution in [0.25, 0.3) is 20.3 Å². The summed E-state index contributed by atoms with van der Waals surface area (Å²) < 4.78 is 16.1. The van der Waals surface area contributed by atoms with E-state index in [0.717, 1.165) is 40.2 Å². The minimum absolute atomic E-state index is 0.0253. The summed E-state index contributed by atoms with van der Waals surface area (Å²) in [6.07, 6.45) is 3.20. The highest BCUT2D eigenvalue weighted by Gasteiger charge is 2.28. The summed E-state index contributed by atoms with van der Waals surface area (Å²) in [4.78, 5) is 23.8. The molecule has 2 aromatic carbocycles. The number of piperidine rings is 1. The third-order valence-electron chi connectivity index (χ3n) is 5.66. The molecule has 1 aliphatic rings. The van der Waals surface area contributed by atoms with Gasteiger partial charge in [-0.3, -0.25) is 4.79 Å². The number of benzene rings is 2. The number of halogens is 2. The molecule has 0 saturated carbocycles. The normalized spacial score (nSPS) is 16.7. The summed E-state index contributed by atoms with van der Waals surface area (Å²) >= 11 is 7.52. The van der Waals surface area contributed by atoms with Crippen LogP contribution >= 0.6 is 22.9 Å². The van der Waals surface area contributed by atoms with E-state index < -0.39 is 0 Å². The first-order valence-corrected chi connectivity index (χ1v) is 11.4. The van der Waals surface area contributed by atoms with Gasteiger partial charge in [0.15, 0.2) is 0 Å². The molecule has 0 unspecified atom stereocenters. The van der Waals surface area contributed by atoms with Gasteiger partial charge in [-0.25, -0.2) is 14.4 Å². The highest BCUT2D eigenvalue weighted by Crippen LogP contribution is 2.39. The lowest BCUT2D eigenvalue weighted by Gasteiger charge is -2.33. The van der Waals surface area contributed by atoms with E-state index in [0.29, 0.717) is 29.0 Å². The van der Waals surface area contributed by atoms with E-state index >= 15 is 0 Å². The molecule has 5 nitrogen and oxygen atoms in total. The molecule has 31 heavy (non-hydrogen) atoms. The van der Waals surface area contributed by atoms with Crippen LogP contribution < -0.4 is 10.2 Å². The fourth-order valence-corrected chi connectivity index (χ4v) is 5.56. The van der Waals surface area contributed by atoms with E-state index in [9.17, 15) is 9.18 Å². The Morgan fingerprint density at radius 1 is 1.26 bits per heavy atom. The Kier molecular flexibility index (Phi) is 5.46. The summed E-state index contributed by atoms with van der Waals surface area (Å²) in [5.41, 5.74) is 1.61. The zero-order valence-electron chi connectivity index (χ0n) is 16.6. The third-order valence-corrected chi connectivity index (χ3v) is 7.03. The van der Waals surface area contributed by atoms with Gasteiger partial charge in [0.1, 0.15) is 18.0 Å². The molecule has 1 amide bonds. The lowest BCUT2D eigenvalue weighted by molar-refractivity contribution is -0.125. The number of hydrogen-bond donors (Lipinski definition) is 1. The van der Waals surface area contributed by atoms with Crippen LogP contribution in [-0.2, 0) is 11.3 Å². The molecule has 1 aliphatic heterocycles. The highest BCUT2D eigenvalue weighted by molar-refractivity contribution is 7.26. The van der Waals surface area contributed by atoms with E-state index in [1.54, 1.807) is 6.07 Å². The van der Waals surface area contributed by atoms with Crippen LogP contribution in [0.4, 0.5) is 10.2 Å². The second-order valence-electron chi connectivity index (χ2n) is 7.72. The quantitative estimate of drug-likeness (QED) is 0.462. The predicted octanol–water partition coefficient (Wildman–Crippen LogP) is 5.17. The van der Waals surface area contributed by atoms with Crippen molar-refractivity contribution in [3.05, 3.63) is 65.2 Å². The molecular weight excluding hydrogens is 435 g/mol. The highest BCUT2D eigenvalue weighted by atomic mass is 35.5. The van der Waals surface area contributed by atoms with Gasteiger partial charge in [-0.05, 0) is 42.7 Å². The molecule has 0 aliphatic carbocycles. The number of carbonyl (C=O) groups is 1. The number of aromatic nitrogens is 2.